The molecule has 0 amide bonds. The van der Waals surface area contributed by atoms with E-state index in [0.717, 1.165) is 25.2 Å². The molecule has 0 spiro atoms. The van der Waals surface area contributed by atoms with Gasteiger partial charge in [-0.25, -0.2) is 0 Å². The molecule has 0 aliphatic heterocycles. The summed E-state index contributed by atoms with van der Waals surface area (Å²) in [6.07, 6.45) is 1.16. The molecule has 0 heterocycles. The molecule has 1 unspecified atom stereocenters. The zero-order valence-electron chi connectivity index (χ0n) is 11.2. The van der Waals surface area contributed by atoms with Gasteiger partial charge in [0, 0.05) is 12.2 Å². The van der Waals surface area contributed by atoms with Crippen LogP contribution in [-0.2, 0) is 0 Å². The number of rotatable bonds is 6. The maximum Gasteiger partial charge on any atom is 0.0314 e. The summed E-state index contributed by atoms with van der Waals surface area (Å²) in [7, 11) is 2.14. The monoisotopic (exact) mass is 232 g/mol. The van der Waals surface area contributed by atoms with Crippen molar-refractivity contribution in [3.05, 3.63) is 42.0 Å². The number of likely N-dealkylation sites (N-methyl/N-ethyl adjacent to an activating group) is 1. The van der Waals surface area contributed by atoms with Crippen LogP contribution in [0.1, 0.15) is 31.7 Å². The number of benzene rings is 1. The van der Waals surface area contributed by atoms with Gasteiger partial charge in [0.05, 0.1) is 0 Å². The fraction of sp³-hybridized carbons (Fsp3) is 0.467. The van der Waals surface area contributed by atoms with Crippen LogP contribution in [0.15, 0.2) is 36.4 Å². The van der Waals surface area contributed by atoms with Gasteiger partial charge in [-0.15, -0.1) is 0 Å². The summed E-state index contributed by atoms with van der Waals surface area (Å²) in [5.41, 5.74) is 9.10. The van der Waals surface area contributed by atoms with Crippen molar-refractivity contribution in [3.63, 3.8) is 0 Å². The predicted octanol–water partition coefficient (Wildman–Crippen LogP) is 3.27. The molecule has 0 radical (unpaired) electrons. The van der Waals surface area contributed by atoms with Crippen molar-refractivity contribution in [2.24, 2.45) is 0 Å². The van der Waals surface area contributed by atoms with E-state index in [1.807, 2.05) is 12.1 Å². The van der Waals surface area contributed by atoms with Gasteiger partial charge in [-0.3, -0.25) is 0 Å². The SMILES string of the molecule is C=C(C)CN(C)CCC(C)c1ccc(N)cc1. The number of hydrogen-bond donors (Lipinski definition) is 1. The molecular formula is C15H24N2. The van der Waals surface area contributed by atoms with E-state index >= 15 is 0 Å². The van der Waals surface area contributed by atoms with Gasteiger partial charge in [0.2, 0.25) is 0 Å². The van der Waals surface area contributed by atoms with E-state index in [4.69, 9.17) is 5.73 Å². The van der Waals surface area contributed by atoms with E-state index in [9.17, 15) is 0 Å². The molecule has 17 heavy (non-hydrogen) atoms. The number of nitrogens with two attached hydrogens (primary N) is 1. The lowest BCUT2D eigenvalue weighted by Crippen LogP contribution is -2.22. The third-order valence-electron chi connectivity index (χ3n) is 2.99. The van der Waals surface area contributed by atoms with Gasteiger partial charge in [0.15, 0.2) is 0 Å². The molecule has 0 saturated carbocycles. The molecule has 1 aromatic rings. The largest absolute Gasteiger partial charge is 0.399 e. The lowest BCUT2D eigenvalue weighted by atomic mass is 9.97. The average Bonchev–Trinajstić information content (AvgIpc) is 2.26. The first-order valence-electron chi connectivity index (χ1n) is 6.17. The summed E-state index contributed by atoms with van der Waals surface area (Å²) >= 11 is 0. The minimum atomic E-state index is 0.572. The first-order chi connectivity index (χ1) is 7.99. The molecule has 2 N–H and O–H groups in total. The smallest absolute Gasteiger partial charge is 0.0314 e. The van der Waals surface area contributed by atoms with Crippen LogP contribution in [0.3, 0.4) is 0 Å². The summed E-state index contributed by atoms with van der Waals surface area (Å²) in [5, 5.41) is 0. The third-order valence-corrected chi connectivity index (χ3v) is 2.99. The van der Waals surface area contributed by atoms with Crippen LogP contribution in [0.4, 0.5) is 5.69 Å². The molecular weight excluding hydrogens is 208 g/mol. The van der Waals surface area contributed by atoms with Crippen LogP contribution >= 0.6 is 0 Å². The van der Waals surface area contributed by atoms with E-state index < -0.39 is 0 Å². The molecule has 0 bridgehead atoms. The van der Waals surface area contributed by atoms with Crippen molar-refractivity contribution in [1.29, 1.82) is 0 Å². The Morgan fingerprint density at radius 2 is 1.94 bits per heavy atom. The van der Waals surface area contributed by atoms with Crippen LogP contribution in [0, 0.1) is 0 Å². The zero-order chi connectivity index (χ0) is 12.8. The van der Waals surface area contributed by atoms with Gasteiger partial charge in [0.1, 0.15) is 0 Å². The molecule has 94 valence electrons. The first kappa shape index (κ1) is 13.8. The Balaban J connectivity index is 2.41. The van der Waals surface area contributed by atoms with E-state index in [0.29, 0.717) is 5.92 Å². The second kappa shape index (κ2) is 6.45. The highest BCUT2D eigenvalue weighted by molar-refractivity contribution is 5.40. The normalized spacial score (nSPS) is 12.7. The molecule has 0 saturated heterocycles. The van der Waals surface area contributed by atoms with E-state index in [1.165, 1.54) is 11.1 Å². The molecule has 1 atom stereocenters. The summed E-state index contributed by atoms with van der Waals surface area (Å²) in [6.45, 7) is 10.3. The van der Waals surface area contributed by atoms with Crippen LogP contribution in [0.5, 0.6) is 0 Å². The Labute approximate surface area is 105 Å². The number of nitrogens with zero attached hydrogens (tertiary/aromatic N) is 1. The first-order valence-corrected chi connectivity index (χ1v) is 6.17. The van der Waals surface area contributed by atoms with Crippen molar-refractivity contribution in [1.82, 2.24) is 4.90 Å². The van der Waals surface area contributed by atoms with Crippen LogP contribution < -0.4 is 5.73 Å². The van der Waals surface area contributed by atoms with Crippen molar-refractivity contribution in [3.8, 4) is 0 Å². The maximum absolute atomic E-state index is 5.69. The molecule has 2 heteroatoms. The fourth-order valence-electron chi connectivity index (χ4n) is 1.95. The third kappa shape index (κ3) is 5.05. The van der Waals surface area contributed by atoms with Gasteiger partial charge in [-0.2, -0.15) is 0 Å². The molecule has 0 aliphatic carbocycles. The highest BCUT2D eigenvalue weighted by Crippen LogP contribution is 2.20. The topological polar surface area (TPSA) is 29.3 Å². The van der Waals surface area contributed by atoms with Gasteiger partial charge in [0.25, 0.3) is 0 Å². The molecule has 1 aromatic carbocycles. The van der Waals surface area contributed by atoms with Crippen LogP contribution in [-0.4, -0.2) is 25.0 Å². The van der Waals surface area contributed by atoms with E-state index in [2.05, 4.69) is 44.5 Å². The minimum absolute atomic E-state index is 0.572. The maximum atomic E-state index is 5.69. The fourth-order valence-corrected chi connectivity index (χ4v) is 1.95. The Morgan fingerprint density at radius 1 is 1.35 bits per heavy atom. The Bertz CT molecular complexity index is 354. The molecule has 2 nitrogen and oxygen atoms in total. The lowest BCUT2D eigenvalue weighted by molar-refractivity contribution is 0.346. The number of nitrogen functional groups attached to an aromatic ring is 1. The summed E-state index contributed by atoms with van der Waals surface area (Å²) in [4.78, 5) is 2.32. The van der Waals surface area contributed by atoms with E-state index in [-0.39, 0.29) is 0 Å². The van der Waals surface area contributed by atoms with Gasteiger partial charge in [-0.05, 0) is 50.6 Å². The van der Waals surface area contributed by atoms with Crippen LogP contribution in [0.2, 0.25) is 0 Å². The summed E-state index contributed by atoms with van der Waals surface area (Å²) in [5.74, 6) is 0.572. The van der Waals surface area contributed by atoms with Crippen molar-refractivity contribution < 1.29 is 0 Å². The molecule has 0 fully saturated rings. The Kier molecular flexibility index (Phi) is 5.23. The minimum Gasteiger partial charge on any atom is -0.399 e. The zero-order valence-corrected chi connectivity index (χ0v) is 11.2. The molecule has 1 rings (SSSR count). The second-order valence-corrected chi connectivity index (χ2v) is 5.05. The Hall–Kier alpha value is -1.28. The highest BCUT2D eigenvalue weighted by Gasteiger charge is 2.07. The second-order valence-electron chi connectivity index (χ2n) is 5.05. The van der Waals surface area contributed by atoms with E-state index in [1.54, 1.807) is 0 Å². The Morgan fingerprint density at radius 3 is 2.47 bits per heavy atom. The summed E-state index contributed by atoms with van der Waals surface area (Å²) < 4.78 is 0. The van der Waals surface area contributed by atoms with Crippen molar-refractivity contribution >= 4 is 5.69 Å². The standard InChI is InChI=1S/C15H24N2/c1-12(2)11-17(4)10-9-13(3)14-5-7-15(16)8-6-14/h5-8,13H,1,9-11,16H2,2-4H3. The van der Waals surface area contributed by atoms with Gasteiger partial charge >= 0.3 is 0 Å². The van der Waals surface area contributed by atoms with Gasteiger partial charge in [-0.1, -0.05) is 31.2 Å². The molecule has 0 aliphatic rings. The number of hydrogen-bond acceptors (Lipinski definition) is 2. The predicted molar refractivity (Wildman–Crippen MR) is 76.2 cm³/mol. The lowest BCUT2D eigenvalue weighted by Gasteiger charge is -2.19. The highest BCUT2D eigenvalue weighted by atomic mass is 15.1. The average molecular weight is 232 g/mol. The number of anilines is 1. The van der Waals surface area contributed by atoms with Crippen LogP contribution in [0.25, 0.3) is 0 Å². The van der Waals surface area contributed by atoms with Crippen molar-refractivity contribution in [2.75, 3.05) is 25.9 Å². The quantitative estimate of drug-likeness (QED) is 0.602. The molecule has 0 aromatic heterocycles. The van der Waals surface area contributed by atoms with Crippen molar-refractivity contribution in [2.45, 2.75) is 26.2 Å². The van der Waals surface area contributed by atoms with Gasteiger partial charge < -0.3 is 10.6 Å². The summed E-state index contributed by atoms with van der Waals surface area (Å²) in [6, 6.07) is 8.20.